The fourth-order valence-electron chi connectivity index (χ4n) is 2.72. The average Bonchev–Trinajstić information content (AvgIpc) is 2.72. The summed E-state index contributed by atoms with van der Waals surface area (Å²) in [5.41, 5.74) is 3.03. The van der Waals surface area contributed by atoms with Gasteiger partial charge in [-0.2, -0.15) is 0 Å². The minimum Gasteiger partial charge on any atom is -0.478 e. The third kappa shape index (κ3) is 4.37. The molecule has 0 saturated heterocycles. The van der Waals surface area contributed by atoms with Gasteiger partial charge in [-0.3, -0.25) is 9.78 Å². The number of aliphatic hydroxyl groups excluding tert-OH is 1. The Morgan fingerprint density at radius 1 is 0.926 bits per heavy atom. The lowest BCUT2D eigenvalue weighted by Crippen LogP contribution is -2.30. The Labute approximate surface area is 156 Å². The number of rotatable bonds is 6. The fraction of sp³-hybridized carbons (Fsp3) is 0.0952. The number of hydrogen-bond donors (Lipinski definition) is 3. The number of nitrogens with zero attached hydrogens (tertiary/aromatic N) is 1. The van der Waals surface area contributed by atoms with Crippen LogP contribution in [0.3, 0.4) is 0 Å². The normalized spacial score (nSPS) is 11.6. The fourth-order valence-corrected chi connectivity index (χ4v) is 2.72. The second-order valence-electron chi connectivity index (χ2n) is 5.95. The van der Waals surface area contributed by atoms with Crippen molar-refractivity contribution in [3.05, 3.63) is 89.7 Å². The van der Waals surface area contributed by atoms with Gasteiger partial charge < -0.3 is 15.5 Å². The van der Waals surface area contributed by atoms with Gasteiger partial charge in [0.15, 0.2) is 0 Å². The number of carboxylic acid groups (broad SMARTS) is 1. The first-order valence-corrected chi connectivity index (χ1v) is 8.34. The summed E-state index contributed by atoms with van der Waals surface area (Å²) in [6.07, 6.45) is 3.40. The molecule has 0 aliphatic rings. The molecule has 3 N–H and O–H groups in total. The molecule has 0 saturated carbocycles. The summed E-state index contributed by atoms with van der Waals surface area (Å²) in [5.74, 6) is -1.41. The van der Waals surface area contributed by atoms with Crippen LogP contribution >= 0.6 is 0 Å². The number of carbonyl (C=O) groups excluding carboxylic acids is 1. The van der Waals surface area contributed by atoms with E-state index in [0.29, 0.717) is 11.1 Å². The minimum absolute atomic E-state index is 0.0990. The highest BCUT2D eigenvalue weighted by molar-refractivity contribution is 5.95. The van der Waals surface area contributed by atoms with Gasteiger partial charge >= 0.3 is 5.97 Å². The molecule has 6 heteroatoms. The number of aromatic carboxylic acids is 1. The van der Waals surface area contributed by atoms with Crippen LogP contribution in [0, 0.1) is 0 Å². The third-order valence-electron chi connectivity index (χ3n) is 4.18. The molecule has 1 heterocycles. The van der Waals surface area contributed by atoms with E-state index in [1.165, 1.54) is 12.1 Å². The number of amides is 1. The summed E-state index contributed by atoms with van der Waals surface area (Å²) in [6.45, 7) is -0.343. The van der Waals surface area contributed by atoms with E-state index in [9.17, 15) is 14.7 Å². The van der Waals surface area contributed by atoms with E-state index in [2.05, 4.69) is 10.3 Å². The van der Waals surface area contributed by atoms with Crippen LogP contribution in [0.4, 0.5) is 0 Å². The molecule has 0 aliphatic carbocycles. The van der Waals surface area contributed by atoms with Crippen molar-refractivity contribution in [2.75, 3.05) is 6.61 Å². The predicted octanol–water partition coefficient (Wildman–Crippen LogP) is 2.91. The second-order valence-corrected chi connectivity index (χ2v) is 5.95. The topological polar surface area (TPSA) is 99.5 Å². The van der Waals surface area contributed by atoms with E-state index < -0.39 is 12.0 Å². The lowest BCUT2D eigenvalue weighted by atomic mass is 10.0. The van der Waals surface area contributed by atoms with E-state index in [4.69, 9.17) is 5.11 Å². The molecule has 1 amide bonds. The molecule has 2 aromatic carbocycles. The maximum Gasteiger partial charge on any atom is 0.335 e. The van der Waals surface area contributed by atoms with Crippen LogP contribution in [0.5, 0.6) is 0 Å². The van der Waals surface area contributed by atoms with Crippen LogP contribution in [0.1, 0.15) is 32.3 Å². The van der Waals surface area contributed by atoms with Gasteiger partial charge in [-0.15, -0.1) is 0 Å². The molecule has 27 heavy (non-hydrogen) atoms. The molecule has 1 atom stereocenters. The summed E-state index contributed by atoms with van der Waals surface area (Å²) >= 11 is 0. The summed E-state index contributed by atoms with van der Waals surface area (Å²) in [5, 5.41) is 21.5. The number of carboxylic acids is 1. The van der Waals surface area contributed by atoms with Crippen molar-refractivity contribution in [2.45, 2.75) is 6.04 Å². The molecular weight excluding hydrogens is 344 g/mol. The van der Waals surface area contributed by atoms with Crippen LogP contribution in [0.2, 0.25) is 0 Å². The monoisotopic (exact) mass is 362 g/mol. The quantitative estimate of drug-likeness (QED) is 0.626. The lowest BCUT2D eigenvalue weighted by molar-refractivity contribution is 0.0696. The van der Waals surface area contributed by atoms with Gasteiger partial charge in [0, 0.05) is 18.0 Å². The molecule has 6 nitrogen and oxygen atoms in total. The van der Waals surface area contributed by atoms with Crippen LogP contribution in [-0.4, -0.2) is 33.7 Å². The Bertz CT molecular complexity index is 940. The molecule has 0 aliphatic heterocycles. The van der Waals surface area contributed by atoms with Crippen LogP contribution in [-0.2, 0) is 0 Å². The van der Waals surface area contributed by atoms with Crippen molar-refractivity contribution >= 4 is 11.9 Å². The Kier molecular flexibility index (Phi) is 5.58. The SMILES string of the molecule is O=C(O)c1cccc([C@@H](CO)NC(=O)c2ccc(-c3ccncc3)cc2)c1. The van der Waals surface area contributed by atoms with Gasteiger partial charge in [0.2, 0.25) is 0 Å². The van der Waals surface area contributed by atoms with Crippen molar-refractivity contribution in [3.63, 3.8) is 0 Å². The number of benzene rings is 2. The first kappa shape index (κ1) is 18.3. The first-order chi connectivity index (χ1) is 13.1. The van der Waals surface area contributed by atoms with E-state index in [-0.39, 0.29) is 18.1 Å². The molecule has 0 fully saturated rings. The van der Waals surface area contributed by atoms with Crippen molar-refractivity contribution in [1.82, 2.24) is 10.3 Å². The Morgan fingerprint density at radius 2 is 1.59 bits per heavy atom. The number of aromatic nitrogens is 1. The van der Waals surface area contributed by atoms with E-state index in [1.54, 1.807) is 36.7 Å². The van der Waals surface area contributed by atoms with Gasteiger partial charge in [-0.1, -0.05) is 24.3 Å². The largest absolute Gasteiger partial charge is 0.478 e. The number of aliphatic hydroxyl groups is 1. The summed E-state index contributed by atoms with van der Waals surface area (Å²) < 4.78 is 0. The number of carbonyl (C=O) groups is 2. The van der Waals surface area contributed by atoms with Gasteiger partial charge in [-0.05, 0) is 53.1 Å². The summed E-state index contributed by atoms with van der Waals surface area (Å²) in [6, 6.07) is 16.3. The molecule has 1 aromatic heterocycles. The molecular formula is C21H18N2O4. The number of pyridine rings is 1. The summed E-state index contributed by atoms with van der Waals surface area (Å²) in [4.78, 5) is 27.6. The van der Waals surface area contributed by atoms with Crippen molar-refractivity contribution in [1.29, 1.82) is 0 Å². The predicted molar refractivity (Wildman–Crippen MR) is 100 cm³/mol. The maximum atomic E-state index is 12.5. The molecule has 0 bridgehead atoms. The zero-order valence-corrected chi connectivity index (χ0v) is 14.4. The average molecular weight is 362 g/mol. The van der Waals surface area contributed by atoms with E-state index in [0.717, 1.165) is 11.1 Å². The van der Waals surface area contributed by atoms with Crippen LogP contribution in [0.25, 0.3) is 11.1 Å². The first-order valence-electron chi connectivity index (χ1n) is 8.34. The molecule has 0 unspecified atom stereocenters. The highest BCUT2D eigenvalue weighted by atomic mass is 16.4. The maximum absolute atomic E-state index is 12.5. The van der Waals surface area contributed by atoms with Gasteiger partial charge in [0.05, 0.1) is 18.2 Å². The Hall–Kier alpha value is -3.51. The molecule has 3 aromatic rings. The second kappa shape index (κ2) is 8.25. The minimum atomic E-state index is -1.06. The van der Waals surface area contributed by atoms with Crippen molar-refractivity contribution in [2.24, 2.45) is 0 Å². The van der Waals surface area contributed by atoms with Crippen LogP contribution in [0.15, 0.2) is 73.1 Å². The third-order valence-corrected chi connectivity index (χ3v) is 4.18. The highest BCUT2D eigenvalue weighted by Crippen LogP contribution is 2.20. The highest BCUT2D eigenvalue weighted by Gasteiger charge is 2.16. The van der Waals surface area contributed by atoms with Crippen molar-refractivity contribution in [3.8, 4) is 11.1 Å². The summed E-state index contributed by atoms with van der Waals surface area (Å²) in [7, 11) is 0. The Balaban J connectivity index is 1.75. The van der Waals surface area contributed by atoms with E-state index in [1.807, 2.05) is 24.3 Å². The molecule has 136 valence electrons. The Morgan fingerprint density at radius 3 is 2.22 bits per heavy atom. The molecule has 0 radical (unpaired) electrons. The van der Waals surface area contributed by atoms with Gasteiger partial charge in [0.1, 0.15) is 0 Å². The standard InChI is InChI=1S/C21H18N2O4/c24-13-19(17-2-1-3-18(12-17)21(26)27)23-20(25)16-6-4-14(5-7-16)15-8-10-22-11-9-15/h1-12,19,24H,13H2,(H,23,25)(H,26,27)/t19-/m1/s1. The lowest BCUT2D eigenvalue weighted by Gasteiger charge is -2.17. The van der Waals surface area contributed by atoms with Gasteiger partial charge in [-0.25, -0.2) is 4.79 Å². The zero-order valence-electron chi connectivity index (χ0n) is 14.4. The number of nitrogens with one attached hydrogen (secondary N) is 1. The van der Waals surface area contributed by atoms with Gasteiger partial charge in [0.25, 0.3) is 5.91 Å². The van der Waals surface area contributed by atoms with Crippen molar-refractivity contribution < 1.29 is 19.8 Å². The van der Waals surface area contributed by atoms with Crippen LogP contribution < -0.4 is 5.32 Å². The molecule has 3 rings (SSSR count). The zero-order chi connectivity index (χ0) is 19.2. The number of hydrogen-bond acceptors (Lipinski definition) is 4. The molecule has 0 spiro atoms. The smallest absolute Gasteiger partial charge is 0.335 e. The van der Waals surface area contributed by atoms with E-state index >= 15 is 0 Å².